The van der Waals surface area contributed by atoms with Crippen LogP contribution in [-0.2, 0) is 0 Å². The average Bonchev–Trinajstić information content (AvgIpc) is 3.34. The zero-order valence-electron chi connectivity index (χ0n) is 17.2. The quantitative estimate of drug-likeness (QED) is 0.452. The van der Waals surface area contributed by atoms with Gasteiger partial charge in [0, 0.05) is 0 Å². The Labute approximate surface area is 179 Å². The van der Waals surface area contributed by atoms with Crippen LogP contribution in [0.4, 0.5) is 5.82 Å². The van der Waals surface area contributed by atoms with Crippen molar-refractivity contribution in [2.75, 3.05) is 5.32 Å². The van der Waals surface area contributed by atoms with Crippen LogP contribution in [0.2, 0.25) is 0 Å². The van der Waals surface area contributed by atoms with Gasteiger partial charge < -0.3 is 0 Å². The number of rotatable bonds is 3. The number of hydrogen-bond acceptors (Lipinski definition) is 5. The topological polar surface area (TPSA) is 88.5 Å². The minimum atomic E-state index is -0.168. The number of aromatic amines is 1. The molecule has 3 aliphatic rings. The first-order valence-corrected chi connectivity index (χ1v) is 12.1. The van der Waals surface area contributed by atoms with E-state index in [1.807, 2.05) is 24.3 Å². The number of nitrogens with zero attached hydrogens (tertiary/aromatic N) is 4. The van der Waals surface area contributed by atoms with Gasteiger partial charge in [0.1, 0.15) is 0 Å². The zero-order chi connectivity index (χ0) is 20.6. The molecule has 3 heterocycles. The van der Waals surface area contributed by atoms with Crippen molar-refractivity contribution in [3.63, 3.8) is 0 Å². The fraction of sp³-hybridized carbons (Fsp3) is 0.455. The maximum atomic E-state index is 13.0. The predicted octanol–water partition coefficient (Wildman–Crippen LogP) is 3.20. The Kier molecular flexibility index (Phi) is 3.84. The Hall–Kier alpha value is -2.44. The molecule has 2 N–H and O–H groups in total. The second kappa shape index (κ2) is 6.28. The molecule has 4 aromatic rings. The fourth-order valence-electron chi connectivity index (χ4n) is 5.64. The van der Waals surface area contributed by atoms with Gasteiger partial charge in [-0.1, -0.05) is 0 Å². The summed E-state index contributed by atoms with van der Waals surface area (Å²) in [6.45, 7) is 7.18. The molecule has 7 nitrogen and oxygen atoms in total. The minimum absolute atomic E-state index is 0.0273. The summed E-state index contributed by atoms with van der Waals surface area (Å²) in [5, 5.41) is 4.46. The molecule has 0 aliphatic heterocycles. The van der Waals surface area contributed by atoms with Crippen molar-refractivity contribution in [1.29, 1.82) is 0 Å². The number of hydrogen-bond donors (Lipinski definition) is 2. The molecule has 3 aromatic heterocycles. The van der Waals surface area contributed by atoms with E-state index in [4.69, 9.17) is 4.98 Å². The number of fused-ring (bicyclic) bond motifs is 4. The van der Waals surface area contributed by atoms with E-state index in [2.05, 4.69) is 41.0 Å². The van der Waals surface area contributed by atoms with Gasteiger partial charge in [0.25, 0.3) is 0 Å². The summed E-state index contributed by atoms with van der Waals surface area (Å²) in [7, 11) is 0. The molecule has 2 bridgehead atoms. The van der Waals surface area contributed by atoms with Crippen LogP contribution in [0, 0.1) is 23.2 Å². The Bertz CT molecular complexity index is 1330. The number of H-pyrrole nitrogens is 1. The third-order valence-electron chi connectivity index (χ3n) is 7.62. The Morgan fingerprint density at radius 2 is 2.07 bits per heavy atom. The molecule has 8 heteroatoms. The van der Waals surface area contributed by atoms with Gasteiger partial charge in [0.05, 0.1) is 0 Å². The molecule has 154 valence electrons. The zero-order valence-corrected chi connectivity index (χ0v) is 18.9. The normalized spacial score (nSPS) is 27.3. The van der Waals surface area contributed by atoms with Crippen LogP contribution >= 0.6 is 0 Å². The maximum absolute atomic E-state index is 13.0. The van der Waals surface area contributed by atoms with Gasteiger partial charge >= 0.3 is 180 Å². The van der Waals surface area contributed by atoms with Crippen molar-refractivity contribution in [2.24, 2.45) is 23.2 Å². The first-order valence-electron chi connectivity index (χ1n) is 10.5. The van der Waals surface area contributed by atoms with Gasteiger partial charge in [-0.05, 0) is 0 Å². The van der Waals surface area contributed by atoms with E-state index in [0.717, 1.165) is 39.2 Å². The van der Waals surface area contributed by atoms with Crippen molar-refractivity contribution in [1.82, 2.24) is 23.5 Å². The van der Waals surface area contributed by atoms with E-state index in [1.54, 1.807) is 9.89 Å². The Balaban J connectivity index is 1.42. The monoisotopic (exact) mass is 468 g/mol. The SMILES string of the molecule is C[C@@H]1[C@H]2C[C@@H](C[C@H]1Nc1nc(-n3[se]c4ccccc4c3=O)nc3nc[nH]c13)C2(C)C. The van der Waals surface area contributed by atoms with E-state index in [1.165, 1.54) is 6.42 Å². The molecule has 0 unspecified atom stereocenters. The van der Waals surface area contributed by atoms with Crippen molar-refractivity contribution in [2.45, 2.75) is 39.7 Å². The molecule has 0 amide bonds. The Morgan fingerprint density at radius 1 is 1.23 bits per heavy atom. The molecule has 0 radical (unpaired) electrons. The van der Waals surface area contributed by atoms with Crippen LogP contribution in [0.25, 0.3) is 26.8 Å². The summed E-state index contributed by atoms with van der Waals surface area (Å²) >= 11 is -0.168. The average molecular weight is 467 g/mol. The molecule has 7 rings (SSSR count). The molecule has 1 aromatic carbocycles. The standard InChI is InChI=1S/C22H24N6OSe/c1-11-14-8-12(22(14,2)3)9-15(11)25-19-17-18(24-10-23-17)26-21(27-19)28-20(29)13-6-4-5-7-16(13)30-28/h4-7,10-12,14-15H,8-9H2,1-3H3,(H2,23,24,25,26,27)/t11-,12+,14-,15-/m1/s1. The van der Waals surface area contributed by atoms with Crippen LogP contribution < -0.4 is 10.9 Å². The van der Waals surface area contributed by atoms with Gasteiger partial charge in [0.2, 0.25) is 0 Å². The molecule has 30 heavy (non-hydrogen) atoms. The number of nitrogens with one attached hydrogen (secondary N) is 2. The third-order valence-corrected chi connectivity index (χ3v) is 9.86. The van der Waals surface area contributed by atoms with Crippen LogP contribution in [0.3, 0.4) is 0 Å². The number of imidazole rings is 1. The van der Waals surface area contributed by atoms with Crippen LogP contribution in [0.15, 0.2) is 35.4 Å². The molecule has 0 saturated heterocycles. The summed E-state index contributed by atoms with van der Waals surface area (Å²) in [4.78, 5) is 29.9. The fourth-order valence-corrected chi connectivity index (χ4v) is 7.60. The van der Waals surface area contributed by atoms with E-state index in [-0.39, 0.29) is 20.3 Å². The van der Waals surface area contributed by atoms with Gasteiger partial charge in [-0.3, -0.25) is 0 Å². The summed E-state index contributed by atoms with van der Waals surface area (Å²) in [6.07, 6.45) is 4.13. The number of aromatic nitrogens is 5. The van der Waals surface area contributed by atoms with Gasteiger partial charge in [-0.25, -0.2) is 0 Å². The van der Waals surface area contributed by atoms with Crippen molar-refractivity contribution in [3.8, 4) is 5.95 Å². The second-order valence-corrected chi connectivity index (χ2v) is 11.4. The van der Waals surface area contributed by atoms with Crippen LogP contribution in [0.5, 0.6) is 0 Å². The van der Waals surface area contributed by atoms with E-state index in [9.17, 15) is 4.79 Å². The molecule has 4 atom stereocenters. The van der Waals surface area contributed by atoms with Crippen LogP contribution in [0.1, 0.15) is 33.6 Å². The van der Waals surface area contributed by atoms with Crippen molar-refractivity contribution < 1.29 is 0 Å². The van der Waals surface area contributed by atoms with Gasteiger partial charge in [-0.15, -0.1) is 0 Å². The second-order valence-electron chi connectivity index (χ2n) is 9.37. The number of anilines is 1. The van der Waals surface area contributed by atoms with E-state index < -0.39 is 0 Å². The summed E-state index contributed by atoms with van der Waals surface area (Å²) in [5.74, 6) is 3.26. The molecular formula is C22H24N6OSe. The molecule has 0 spiro atoms. The molecule has 3 saturated carbocycles. The molecule has 3 fully saturated rings. The summed E-state index contributed by atoms with van der Waals surface area (Å²) in [6, 6.07) is 8.13. The first-order chi connectivity index (χ1) is 14.4. The first kappa shape index (κ1) is 18.3. The van der Waals surface area contributed by atoms with E-state index >= 15 is 0 Å². The van der Waals surface area contributed by atoms with Crippen LogP contribution in [-0.4, -0.2) is 44.3 Å². The van der Waals surface area contributed by atoms with E-state index in [0.29, 0.717) is 29.0 Å². The predicted molar refractivity (Wildman–Crippen MR) is 118 cm³/mol. The number of benzene rings is 1. The molecular weight excluding hydrogens is 443 g/mol. The molecule has 3 aliphatic carbocycles. The Morgan fingerprint density at radius 3 is 2.83 bits per heavy atom. The van der Waals surface area contributed by atoms with Gasteiger partial charge in [-0.2, -0.15) is 0 Å². The summed E-state index contributed by atoms with van der Waals surface area (Å²) < 4.78 is 2.78. The van der Waals surface area contributed by atoms with Crippen molar-refractivity contribution >= 4 is 41.4 Å². The van der Waals surface area contributed by atoms with Crippen molar-refractivity contribution in [3.05, 3.63) is 40.9 Å². The third kappa shape index (κ3) is 2.50. The van der Waals surface area contributed by atoms with Gasteiger partial charge in [0.15, 0.2) is 0 Å². The summed E-state index contributed by atoms with van der Waals surface area (Å²) in [5.41, 5.74) is 1.81.